The topological polar surface area (TPSA) is 99.0 Å². The summed E-state index contributed by atoms with van der Waals surface area (Å²) in [4.78, 5) is 36.7. The Hall–Kier alpha value is -3.00. The summed E-state index contributed by atoms with van der Waals surface area (Å²) in [5, 5.41) is 3.09. The number of unbranched alkanes of at least 4 members (excludes halogenated alkanes) is 3. The van der Waals surface area contributed by atoms with Gasteiger partial charge < -0.3 is 14.6 Å². The molecule has 9 heteroatoms. The third kappa shape index (κ3) is 6.03. The molecule has 0 spiro atoms. The molecule has 0 fully saturated rings. The molecule has 0 saturated carbocycles. The van der Waals surface area contributed by atoms with Crippen LogP contribution in [0.1, 0.15) is 58.4 Å². The Kier molecular flexibility index (Phi) is 8.16. The van der Waals surface area contributed by atoms with Crippen LogP contribution in [0.4, 0.5) is 5.69 Å². The van der Waals surface area contributed by atoms with Crippen molar-refractivity contribution in [2.75, 3.05) is 12.4 Å². The van der Waals surface area contributed by atoms with Crippen LogP contribution in [0.2, 0.25) is 5.28 Å². The van der Waals surface area contributed by atoms with Crippen LogP contribution in [0.5, 0.6) is 0 Å². The quantitative estimate of drug-likeness (QED) is 0.256. The number of esters is 1. The zero-order chi connectivity index (χ0) is 23.1. The number of methoxy groups -OCH3 is 1. The number of carbonyl (C=O) groups excluding carboxylic acids is 2. The van der Waals surface area contributed by atoms with Gasteiger partial charge in [0.15, 0.2) is 5.65 Å². The second kappa shape index (κ2) is 11.0. The average molecular weight is 458 g/mol. The smallest absolute Gasteiger partial charge is 0.305 e. The van der Waals surface area contributed by atoms with Crippen LogP contribution >= 0.6 is 11.6 Å². The summed E-state index contributed by atoms with van der Waals surface area (Å²) in [6.07, 6.45) is 5.91. The maximum Gasteiger partial charge on any atom is 0.305 e. The number of halogens is 1. The van der Waals surface area contributed by atoms with Crippen molar-refractivity contribution in [3.63, 3.8) is 0 Å². The monoisotopic (exact) mass is 457 g/mol. The third-order valence-electron chi connectivity index (χ3n) is 5.13. The van der Waals surface area contributed by atoms with Crippen LogP contribution in [0, 0.1) is 0 Å². The molecule has 0 unspecified atom stereocenters. The summed E-state index contributed by atoms with van der Waals surface area (Å²) in [5.74, 6) is -0.245. The zero-order valence-corrected chi connectivity index (χ0v) is 19.4. The molecule has 0 radical (unpaired) electrons. The number of ether oxygens (including phenoxy) is 1. The van der Waals surface area contributed by atoms with Gasteiger partial charge in [-0.15, -0.1) is 0 Å². The van der Waals surface area contributed by atoms with Gasteiger partial charge in [-0.3, -0.25) is 9.59 Å². The Balaban J connectivity index is 1.64. The number of nitrogens with zero attached hydrogens (tertiary/aromatic N) is 4. The van der Waals surface area contributed by atoms with E-state index in [4.69, 9.17) is 11.6 Å². The van der Waals surface area contributed by atoms with Gasteiger partial charge in [0.05, 0.1) is 13.4 Å². The highest BCUT2D eigenvalue weighted by atomic mass is 35.5. The second-order valence-corrected chi connectivity index (χ2v) is 8.22. The Morgan fingerprint density at radius 3 is 2.59 bits per heavy atom. The minimum atomic E-state index is -0.194. The van der Waals surface area contributed by atoms with Gasteiger partial charge in [-0.25, -0.2) is 9.97 Å². The predicted molar refractivity (Wildman–Crippen MR) is 125 cm³/mol. The van der Waals surface area contributed by atoms with E-state index in [0.29, 0.717) is 35.4 Å². The van der Waals surface area contributed by atoms with Crippen molar-refractivity contribution in [1.82, 2.24) is 19.5 Å². The number of hydrogen-bond acceptors (Lipinski definition) is 6. The van der Waals surface area contributed by atoms with Gasteiger partial charge in [-0.1, -0.05) is 25.0 Å². The first-order valence-corrected chi connectivity index (χ1v) is 11.1. The third-order valence-corrected chi connectivity index (χ3v) is 5.30. The summed E-state index contributed by atoms with van der Waals surface area (Å²) < 4.78 is 6.57. The molecule has 1 aromatic carbocycles. The van der Waals surface area contributed by atoms with Crippen molar-refractivity contribution >= 4 is 40.3 Å². The second-order valence-electron chi connectivity index (χ2n) is 7.88. The van der Waals surface area contributed by atoms with Gasteiger partial charge >= 0.3 is 5.97 Å². The largest absolute Gasteiger partial charge is 0.469 e. The van der Waals surface area contributed by atoms with E-state index < -0.39 is 0 Å². The van der Waals surface area contributed by atoms with Crippen LogP contribution in [-0.4, -0.2) is 38.5 Å². The fourth-order valence-corrected chi connectivity index (χ4v) is 3.61. The highest BCUT2D eigenvalue weighted by Crippen LogP contribution is 2.29. The van der Waals surface area contributed by atoms with E-state index in [1.54, 1.807) is 6.33 Å². The molecule has 8 nitrogen and oxygen atoms in total. The highest BCUT2D eigenvalue weighted by Gasteiger charge is 2.16. The van der Waals surface area contributed by atoms with Crippen molar-refractivity contribution in [2.24, 2.45) is 0 Å². The molecule has 1 N–H and O–H groups in total. The summed E-state index contributed by atoms with van der Waals surface area (Å²) in [5.41, 5.74) is 3.45. The minimum absolute atomic E-state index is 0.0509. The predicted octanol–water partition coefficient (Wildman–Crippen LogP) is 5.18. The van der Waals surface area contributed by atoms with E-state index >= 15 is 0 Å². The molecule has 1 amide bonds. The number of imidazole rings is 1. The lowest BCUT2D eigenvalue weighted by Crippen LogP contribution is -2.11. The number of aromatic nitrogens is 4. The van der Waals surface area contributed by atoms with Crippen molar-refractivity contribution in [3.05, 3.63) is 35.9 Å². The molecule has 2 aromatic heterocycles. The van der Waals surface area contributed by atoms with Gasteiger partial charge in [0.2, 0.25) is 11.2 Å². The zero-order valence-electron chi connectivity index (χ0n) is 18.6. The van der Waals surface area contributed by atoms with Crippen LogP contribution in [-0.2, 0) is 14.3 Å². The highest BCUT2D eigenvalue weighted by molar-refractivity contribution is 6.28. The van der Waals surface area contributed by atoms with Gasteiger partial charge in [0.1, 0.15) is 11.2 Å². The Labute approximate surface area is 192 Å². The molecular formula is C23H28ClN5O3. The number of fused-ring (bicyclic) bond motifs is 1. The lowest BCUT2D eigenvalue weighted by Gasteiger charge is -2.10. The Morgan fingerprint density at radius 2 is 1.88 bits per heavy atom. The number of amides is 1. The first kappa shape index (κ1) is 23.7. The first-order valence-electron chi connectivity index (χ1n) is 10.8. The van der Waals surface area contributed by atoms with Gasteiger partial charge in [0.25, 0.3) is 0 Å². The molecule has 2 heterocycles. The van der Waals surface area contributed by atoms with E-state index in [0.717, 1.165) is 31.2 Å². The maximum atomic E-state index is 12.3. The van der Waals surface area contributed by atoms with E-state index in [1.165, 1.54) is 7.11 Å². The number of nitrogens with one attached hydrogen (secondary N) is 1. The van der Waals surface area contributed by atoms with Crippen molar-refractivity contribution < 1.29 is 14.3 Å². The average Bonchev–Trinajstić information content (AvgIpc) is 3.19. The number of anilines is 1. The molecule has 0 bridgehead atoms. The van der Waals surface area contributed by atoms with E-state index in [2.05, 4.69) is 25.0 Å². The number of hydrogen-bond donors (Lipinski definition) is 1. The molecule has 3 aromatic rings. The van der Waals surface area contributed by atoms with Crippen LogP contribution in [0.15, 0.2) is 30.6 Å². The normalized spacial score (nSPS) is 11.2. The van der Waals surface area contributed by atoms with Crippen molar-refractivity contribution in [1.29, 1.82) is 0 Å². The van der Waals surface area contributed by atoms with Gasteiger partial charge in [-0.05, 0) is 50.4 Å². The Morgan fingerprint density at radius 1 is 1.12 bits per heavy atom. The van der Waals surface area contributed by atoms with Gasteiger partial charge in [-0.2, -0.15) is 4.98 Å². The molecule has 0 saturated heterocycles. The lowest BCUT2D eigenvalue weighted by atomic mass is 10.1. The van der Waals surface area contributed by atoms with E-state index in [1.807, 2.05) is 42.7 Å². The summed E-state index contributed by atoms with van der Waals surface area (Å²) in [7, 11) is 1.39. The number of rotatable bonds is 10. The fraction of sp³-hybridized carbons (Fsp3) is 0.435. The molecule has 170 valence electrons. The first-order chi connectivity index (χ1) is 15.4. The molecule has 0 aliphatic heterocycles. The number of carbonyl (C=O) groups is 2. The van der Waals surface area contributed by atoms with Crippen LogP contribution in [0.25, 0.3) is 22.4 Å². The standard InChI is InChI=1S/C23H28ClN5O3/c1-15(2)29-14-25-21-20(27-23(24)28-22(21)29)16-9-8-10-17(13-16)26-18(30)11-6-4-5-7-12-19(31)32-3/h8-10,13-15H,4-7,11-12H2,1-3H3,(H,26,30). The van der Waals surface area contributed by atoms with E-state index in [9.17, 15) is 9.59 Å². The lowest BCUT2D eigenvalue weighted by molar-refractivity contribution is -0.140. The van der Waals surface area contributed by atoms with E-state index in [-0.39, 0.29) is 23.2 Å². The molecule has 32 heavy (non-hydrogen) atoms. The molecular weight excluding hydrogens is 430 g/mol. The molecule has 3 rings (SSSR count). The Bertz CT molecular complexity index is 1100. The fourth-order valence-electron chi connectivity index (χ4n) is 3.45. The summed E-state index contributed by atoms with van der Waals surface area (Å²) >= 11 is 6.19. The molecule has 0 aliphatic carbocycles. The SMILES string of the molecule is COC(=O)CCCCCCC(=O)Nc1cccc(-c2nc(Cl)nc3c2ncn3C(C)C)c1. The summed E-state index contributed by atoms with van der Waals surface area (Å²) in [6.45, 7) is 4.10. The minimum Gasteiger partial charge on any atom is -0.469 e. The number of benzene rings is 1. The van der Waals surface area contributed by atoms with Gasteiger partial charge in [0, 0.05) is 30.1 Å². The van der Waals surface area contributed by atoms with Crippen molar-refractivity contribution in [3.8, 4) is 11.3 Å². The molecule has 0 atom stereocenters. The molecule has 0 aliphatic rings. The summed E-state index contributed by atoms with van der Waals surface area (Å²) in [6, 6.07) is 7.65. The maximum absolute atomic E-state index is 12.3. The van der Waals surface area contributed by atoms with Crippen LogP contribution < -0.4 is 5.32 Å². The van der Waals surface area contributed by atoms with Crippen LogP contribution in [0.3, 0.4) is 0 Å². The van der Waals surface area contributed by atoms with Crippen molar-refractivity contribution in [2.45, 2.75) is 58.4 Å².